The molecule has 4 aromatic rings. The number of ether oxygens (including phenoxy) is 1. The zero-order valence-corrected chi connectivity index (χ0v) is 17.5. The quantitative estimate of drug-likeness (QED) is 0.494. The summed E-state index contributed by atoms with van der Waals surface area (Å²) in [7, 11) is 1.69. The van der Waals surface area contributed by atoms with Crippen LogP contribution in [0.4, 0.5) is 5.82 Å². The molecule has 0 spiro atoms. The van der Waals surface area contributed by atoms with Gasteiger partial charge in [-0.15, -0.1) is 0 Å². The zero-order chi connectivity index (χ0) is 20.7. The molecule has 0 saturated carbocycles. The van der Waals surface area contributed by atoms with Crippen LogP contribution in [0.3, 0.4) is 0 Å². The van der Waals surface area contributed by atoms with Crippen molar-refractivity contribution in [2.24, 2.45) is 0 Å². The molecule has 3 heterocycles. The molecular weight excluding hydrogens is 372 g/mol. The van der Waals surface area contributed by atoms with E-state index in [1.807, 2.05) is 31.3 Å². The second-order valence-corrected chi connectivity index (χ2v) is 7.79. The van der Waals surface area contributed by atoms with E-state index in [4.69, 9.17) is 14.7 Å². The largest absolute Gasteiger partial charge is 0.497 e. The highest BCUT2D eigenvalue weighted by Gasteiger charge is 2.22. The highest BCUT2D eigenvalue weighted by Crippen LogP contribution is 2.32. The number of hydrogen-bond donors (Lipinski definition) is 0. The molecule has 1 aliphatic heterocycles. The number of pyridine rings is 1. The number of nitrogens with zero attached hydrogens (tertiary/aromatic N) is 4. The number of methoxy groups -OCH3 is 1. The maximum atomic E-state index is 5.44. The fourth-order valence-electron chi connectivity index (χ4n) is 4.22. The first-order valence-corrected chi connectivity index (χ1v) is 10.2. The molecule has 0 unspecified atom stereocenters. The standard InChI is InChI=1S/C25H24N4O/c1-16-6-4-5-7-21(16)18-12-19-15-29(11-10-23(19)26-14-18)25-22-13-20(30-3)8-9-24(22)27-17(2)28-25/h4-9,12-14H,10-11,15H2,1-3H3. The molecular formula is C25H24N4O. The van der Waals surface area contributed by atoms with E-state index in [0.29, 0.717) is 0 Å². The lowest BCUT2D eigenvalue weighted by molar-refractivity contribution is 0.415. The van der Waals surface area contributed by atoms with Crippen LogP contribution in [0.5, 0.6) is 5.75 Å². The van der Waals surface area contributed by atoms with E-state index >= 15 is 0 Å². The minimum atomic E-state index is 0.778. The van der Waals surface area contributed by atoms with Crippen molar-refractivity contribution in [2.45, 2.75) is 26.8 Å². The molecule has 2 aromatic heterocycles. The van der Waals surface area contributed by atoms with Gasteiger partial charge in [0, 0.05) is 42.4 Å². The summed E-state index contributed by atoms with van der Waals surface area (Å²) in [6.45, 7) is 5.75. The van der Waals surface area contributed by atoms with Crippen LogP contribution in [0.2, 0.25) is 0 Å². The third-order valence-electron chi connectivity index (χ3n) is 5.79. The molecule has 0 fully saturated rings. The Balaban J connectivity index is 1.56. The monoisotopic (exact) mass is 396 g/mol. The van der Waals surface area contributed by atoms with Crippen LogP contribution in [0.25, 0.3) is 22.0 Å². The second kappa shape index (κ2) is 7.41. The minimum Gasteiger partial charge on any atom is -0.497 e. The predicted molar refractivity (Wildman–Crippen MR) is 120 cm³/mol. The van der Waals surface area contributed by atoms with E-state index in [1.165, 1.54) is 27.9 Å². The van der Waals surface area contributed by atoms with Gasteiger partial charge < -0.3 is 9.64 Å². The third-order valence-corrected chi connectivity index (χ3v) is 5.79. The number of aromatic nitrogens is 3. The molecule has 0 radical (unpaired) electrons. The number of rotatable bonds is 3. The van der Waals surface area contributed by atoms with Gasteiger partial charge in [0.25, 0.3) is 0 Å². The lowest BCUT2D eigenvalue weighted by Gasteiger charge is -2.30. The molecule has 1 aliphatic rings. The maximum Gasteiger partial charge on any atom is 0.140 e. The molecule has 5 heteroatoms. The Morgan fingerprint density at radius 2 is 1.87 bits per heavy atom. The normalized spacial score (nSPS) is 13.4. The van der Waals surface area contributed by atoms with Crippen LogP contribution in [-0.2, 0) is 13.0 Å². The number of fused-ring (bicyclic) bond motifs is 2. The Hall–Kier alpha value is -3.47. The van der Waals surface area contributed by atoms with Gasteiger partial charge in [-0.1, -0.05) is 24.3 Å². The highest BCUT2D eigenvalue weighted by molar-refractivity contribution is 5.91. The van der Waals surface area contributed by atoms with E-state index in [2.05, 4.69) is 47.1 Å². The van der Waals surface area contributed by atoms with Crippen molar-refractivity contribution in [3.8, 4) is 16.9 Å². The van der Waals surface area contributed by atoms with Gasteiger partial charge in [-0.3, -0.25) is 4.98 Å². The van der Waals surface area contributed by atoms with E-state index in [1.54, 1.807) is 7.11 Å². The molecule has 0 saturated heterocycles. The predicted octanol–water partition coefficient (Wildman–Crippen LogP) is 4.88. The molecule has 5 rings (SSSR count). The average Bonchev–Trinajstić information content (AvgIpc) is 2.78. The van der Waals surface area contributed by atoms with Crippen LogP contribution in [0, 0.1) is 13.8 Å². The number of hydrogen-bond acceptors (Lipinski definition) is 5. The van der Waals surface area contributed by atoms with E-state index in [0.717, 1.165) is 47.8 Å². The fraction of sp³-hybridized carbons (Fsp3) is 0.240. The number of aryl methyl sites for hydroxylation is 2. The van der Waals surface area contributed by atoms with Crippen molar-refractivity contribution in [3.63, 3.8) is 0 Å². The molecule has 0 N–H and O–H groups in total. The number of anilines is 1. The van der Waals surface area contributed by atoms with Crippen molar-refractivity contribution in [1.82, 2.24) is 15.0 Å². The Labute approximate surface area is 176 Å². The van der Waals surface area contributed by atoms with Crippen LogP contribution >= 0.6 is 0 Å². The van der Waals surface area contributed by atoms with E-state index < -0.39 is 0 Å². The molecule has 0 aliphatic carbocycles. The molecule has 2 aromatic carbocycles. The molecule has 0 amide bonds. The van der Waals surface area contributed by atoms with Crippen molar-refractivity contribution in [2.75, 3.05) is 18.6 Å². The first-order valence-electron chi connectivity index (χ1n) is 10.2. The zero-order valence-electron chi connectivity index (χ0n) is 17.5. The van der Waals surface area contributed by atoms with Crippen molar-refractivity contribution < 1.29 is 4.74 Å². The van der Waals surface area contributed by atoms with E-state index in [-0.39, 0.29) is 0 Å². The summed E-state index contributed by atoms with van der Waals surface area (Å²) in [6, 6.07) is 16.7. The average molecular weight is 396 g/mol. The lowest BCUT2D eigenvalue weighted by Crippen LogP contribution is -2.32. The van der Waals surface area contributed by atoms with Crippen LogP contribution in [0.1, 0.15) is 22.6 Å². The minimum absolute atomic E-state index is 0.778. The first kappa shape index (κ1) is 18.6. The SMILES string of the molecule is COc1ccc2nc(C)nc(N3CCc4ncc(-c5ccccc5C)cc4C3)c2c1. The van der Waals surface area contributed by atoms with Gasteiger partial charge in [0.15, 0.2) is 0 Å². The Kier molecular flexibility index (Phi) is 4.58. The first-order chi connectivity index (χ1) is 14.6. The van der Waals surface area contributed by atoms with Gasteiger partial charge >= 0.3 is 0 Å². The summed E-state index contributed by atoms with van der Waals surface area (Å²) in [5, 5.41) is 1.02. The van der Waals surface area contributed by atoms with Gasteiger partial charge in [0.2, 0.25) is 0 Å². The Morgan fingerprint density at radius 3 is 2.70 bits per heavy atom. The highest BCUT2D eigenvalue weighted by atomic mass is 16.5. The summed E-state index contributed by atoms with van der Waals surface area (Å²) in [6.07, 6.45) is 2.91. The summed E-state index contributed by atoms with van der Waals surface area (Å²) in [5.41, 5.74) is 7.04. The Bertz CT molecular complexity index is 1250. The van der Waals surface area contributed by atoms with Gasteiger partial charge in [-0.05, 0) is 54.8 Å². The third kappa shape index (κ3) is 3.26. The summed E-state index contributed by atoms with van der Waals surface area (Å²) in [4.78, 5) is 16.5. The number of benzene rings is 2. The summed E-state index contributed by atoms with van der Waals surface area (Å²) in [5.74, 6) is 2.56. The molecule has 30 heavy (non-hydrogen) atoms. The lowest BCUT2D eigenvalue weighted by atomic mass is 9.97. The van der Waals surface area contributed by atoms with Crippen LogP contribution < -0.4 is 9.64 Å². The van der Waals surface area contributed by atoms with Crippen molar-refractivity contribution in [1.29, 1.82) is 0 Å². The van der Waals surface area contributed by atoms with Crippen LogP contribution in [-0.4, -0.2) is 28.6 Å². The fourth-order valence-corrected chi connectivity index (χ4v) is 4.22. The molecule has 0 atom stereocenters. The molecule has 150 valence electrons. The van der Waals surface area contributed by atoms with Crippen molar-refractivity contribution >= 4 is 16.7 Å². The van der Waals surface area contributed by atoms with Gasteiger partial charge in [-0.25, -0.2) is 9.97 Å². The smallest absolute Gasteiger partial charge is 0.140 e. The van der Waals surface area contributed by atoms with Crippen molar-refractivity contribution in [3.05, 3.63) is 77.4 Å². The van der Waals surface area contributed by atoms with E-state index in [9.17, 15) is 0 Å². The van der Waals surface area contributed by atoms with Gasteiger partial charge in [0.05, 0.1) is 12.6 Å². The molecule has 5 nitrogen and oxygen atoms in total. The van der Waals surface area contributed by atoms with Gasteiger partial charge in [0.1, 0.15) is 17.4 Å². The van der Waals surface area contributed by atoms with Gasteiger partial charge in [-0.2, -0.15) is 0 Å². The summed E-state index contributed by atoms with van der Waals surface area (Å²) < 4.78 is 5.44. The van der Waals surface area contributed by atoms with Crippen LogP contribution in [0.15, 0.2) is 54.7 Å². The second-order valence-electron chi connectivity index (χ2n) is 7.79. The maximum absolute atomic E-state index is 5.44. The topological polar surface area (TPSA) is 51.1 Å². The summed E-state index contributed by atoms with van der Waals surface area (Å²) >= 11 is 0. The molecule has 0 bridgehead atoms. The Morgan fingerprint density at radius 1 is 1.00 bits per heavy atom.